The first kappa shape index (κ1) is 23.9. The Hall–Kier alpha value is -2.29. The van der Waals surface area contributed by atoms with Crippen LogP contribution in [0.5, 0.6) is 0 Å². The van der Waals surface area contributed by atoms with Crippen LogP contribution in [-0.4, -0.2) is 54.9 Å². The Kier molecular flexibility index (Phi) is 8.11. The normalized spacial score (nSPS) is 26.2. The van der Waals surface area contributed by atoms with Crippen LogP contribution in [0.3, 0.4) is 0 Å². The molecule has 0 unspecified atom stereocenters. The molecule has 0 saturated carbocycles. The number of nitrogens with one attached hydrogen (secondary N) is 1. The number of amides is 1. The van der Waals surface area contributed by atoms with E-state index in [1.165, 1.54) is 6.92 Å². The first-order chi connectivity index (χ1) is 16.0. The minimum Gasteiger partial charge on any atom is -0.392 e. The van der Waals surface area contributed by atoms with E-state index in [-0.39, 0.29) is 30.6 Å². The van der Waals surface area contributed by atoms with Crippen LogP contribution < -0.4 is 5.32 Å². The third-order valence-electron chi connectivity index (χ3n) is 6.46. The molecular weight excluding hydrogens is 420 g/mol. The predicted molar refractivity (Wildman–Crippen MR) is 124 cm³/mol. The third-order valence-corrected chi connectivity index (χ3v) is 6.46. The van der Waals surface area contributed by atoms with Crippen LogP contribution in [0, 0.1) is 5.92 Å². The molecule has 0 spiro atoms. The second-order valence-corrected chi connectivity index (χ2v) is 8.89. The maximum atomic E-state index is 11.2. The highest BCUT2D eigenvalue weighted by atomic mass is 16.7. The summed E-state index contributed by atoms with van der Waals surface area (Å²) in [7, 11) is 0. The molecule has 4 atom stereocenters. The fraction of sp³-hybridized carbons (Fsp3) is 0.500. The van der Waals surface area contributed by atoms with Crippen LogP contribution in [0.15, 0.2) is 48.5 Å². The molecule has 2 saturated heterocycles. The van der Waals surface area contributed by atoms with Gasteiger partial charge in [-0.3, -0.25) is 9.69 Å². The Morgan fingerprint density at radius 1 is 1.00 bits per heavy atom. The Labute approximate surface area is 195 Å². The van der Waals surface area contributed by atoms with Crippen molar-refractivity contribution in [1.29, 1.82) is 0 Å². The number of hydrogen-bond acceptors (Lipinski definition) is 6. The predicted octanol–water partition coefficient (Wildman–Crippen LogP) is 2.94. The van der Waals surface area contributed by atoms with Crippen molar-refractivity contribution in [2.75, 3.05) is 32.8 Å². The largest absolute Gasteiger partial charge is 0.392 e. The number of carbonyl (C=O) groups excluding carboxylic acids is 1. The molecule has 1 amide bonds. The molecule has 33 heavy (non-hydrogen) atoms. The molecule has 7 heteroatoms. The lowest BCUT2D eigenvalue weighted by molar-refractivity contribution is -0.277. The van der Waals surface area contributed by atoms with Gasteiger partial charge < -0.3 is 24.6 Å². The summed E-state index contributed by atoms with van der Waals surface area (Å²) in [6.45, 7) is 8.37. The van der Waals surface area contributed by atoms with Crippen LogP contribution in [0.1, 0.15) is 48.5 Å². The van der Waals surface area contributed by atoms with Crippen LogP contribution in [0.25, 0.3) is 0 Å². The average molecular weight is 455 g/mol. The number of morpholine rings is 1. The summed E-state index contributed by atoms with van der Waals surface area (Å²) >= 11 is 0. The molecule has 0 aromatic heterocycles. The number of rotatable bonds is 7. The van der Waals surface area contributed by atoms with E-state index in [0.717, 1.165) is 55.1 Å². The Morgan fingerprint density at radius 3 is 2.27 bits per heavy atom. The molecule has 2 heterocycles. The number of aliphatic hydroxyl groups excluding tert-OH is 1. The zero-order valence-electron chi connectivity index (χ0n) is 19.4. The summed E-state index contributed by atoms with van der Waals surface area (Å²) in [5.41, 5.74) is 3.95. The summed E-state index contributed by atoms with van der Waals surface area (Å²) < 4.78 is 18.5. The number of aliphatic hydroxyl groups is 1. The fourth-order valence-electron chi connectivity index (χ4n) is 4.39. The number of benzene rings is 2. The summed E-state index contributed by atoms with van der Waals surface area (Å²) in [6.07, 6.45) is -0.602. The van der Waals surface area contributed by atoms with Crippen LogP contribution in [0.2, 0.25) is 0 Å². The molecule has 178 valence electrons. The lowest BCUT2D eigenvalue weighted by Crippen LogP contribution is -2.47. The van der Waals surface area contributed by atoms with E-state index in [2.05, 4.69) is 17.1 Å². The van der Waals surface area contributed by atoms with Gasteiger partial charge in [0.05, 0.1) is 32.0 Å². The summed E-state index contributed by atoms with van der Waals surface area (Å²) in [4.78, 5) is 13.6. The van der Waals surface area contributed by atoms with Gasteiger partial charge in [-0.05, 0) is 16.7 Å². The van der Waals surface area contributed by atoms with Gasteiger partial charge in [0.15, 0.2) is 6.29 Å². The Balaban J connectivity index is 1.54. The van der Waals surface area contributed by atoms with Crippen LogP contribution in [0.4, 0.5) is 0 Å². The third kappa shape index (κ3) is 6.19. The molecule has 0 bridgehead atoms. The van der Waals surface area contributed by atoms with Gasteiger partial charge in [0.1, 0.15) is 0 Å². The van der Waals surface area contributed by atoms with E-state index in [9.17, 15) is 9.90 Å². The Bertz CT molecular complexity index is 896. The highest BCUT2D eigenvalue weighted by Gasteiger charge is 2.39. The molecule has 2 aromatic carbocycles. The first-order valence-electron chi connectivity index (χ1n) is 11.7. The minimum absolute atomic E-state index is 0.00317. The minimum atomic E-state index is -0.482. The van der Waals surface area contributed by atoms with Gasteiger partial charge in [-0.25, -0.2) is 0 Å². The van der Waals surface area contributed by atoms with Crippen LogP contribution >= 0.6 is 0 Å². The van der Waals surface area contributed by atoms with Crippen molar-refractivity contribution in [1.82, 2.24) is 10.2 Å². The number of nitrogens with zero attached hydrogens (tertiary/aromatic N) is 1. The number of ether oxygens (including phenoxy) is 3. The topological polar surface area (TPSA) is 80.3 Å². The van der Waals surface area contributed by atoms with Gasteiger partial charge in [0.25, 0.3) is 0 Å². The molecule has 2 fully saturated rings. The lowest BCUT2D eigenvalue weighted by atomic mass is 9.90. The van der Waals surface area contributed by atoms with E-state index in [0.29, 0.717) is 6.54 Å². The van der Waals surface area contributed by atoms with Crippen molar-refractivity contribution in [3.63, 3.8) is 0 Å². The zero-order valence-corrected chi connectivity index (χ0v) is 19.4. The van der Waals surface area contributed by atoms with Gasteiger partial charge in [-0.15, -0.1) is 0 Å². The Morgan fingerprint density at radius 2 is 1.64 bits per heavy atom. The van der Waals surface area contributed by atoms with Gasteiger partial charge in [-0.2, -0.15) is 0 Å². The zero-order chi connectivity index (χ0) is 23.2. The molecule has 2 N–H and O–H groups in total. The molecule has 4 rings (SSSR count). The van der Waals surface area contributed by atoms with E-state index in [4.69, 9.17) is 14.2 Å². The molecule has 2 aliphatic rings. The van der Waals surface area contributed by atoms with E-state index in [1.54, 1.807) is 0 Å². The average Bonchev–Trinajstić information content (AvgIpc) is 2.85. The van der Waals surface area contributed by atoms with Gasteiger partial charge in [-0.1, -0.05) is 55.5 Å². The molecule has 2 aliphatic heterocycles. The first-order valence-corrected chi connectivity index (χ1v) is 11.7. The van der Waals surface area contributed by atoms with Gasteiger partial charge in [0, 0.05) is 44.6 Å². The van der Waals surface area contributed by atoms with Crippen molar-refractivity contribution in [2.24, 2.45) is 5.92 Å². The second-order valence-electron chi connectivity index (χ2n) is 8.89. The molecule has 0 aliphatic carbocycles. The van der Waals surface area contributed by atoms with E-state index in [1.807, 2.05) is 48.5 Å². The highest BCUT2D eigenvalue weighted by Crippen LogP contribution is 2.41. The van der Waals surface area contributed by atoms with Crippen molar-refractivity contribution < 1.29 is 24.1 Å². The molecule has 2 aromatic rings. The molecule has 7 nitrogen and oxygen atoms in total. The number of hydrogen-bond donors (Lipinski definition) is 2. The van der Waals surface area contributed by atoms with E-state index < -0.39 is 6.29 Å². The SMILES string of the molecule is CC(=O)NCc1ccc([C@H]2O[C@@H](CN3CCOCC3)[C@@H](C)[C@@H](c3ccc(CO)cc3)O2)cc1. The number of carbonyl (C=O) groups is 1. The van der Waals surface area contributed by atoms with Gasteiger partial charge >= 0.3 is 0 Å². The summed E-state index contributed by atoms with van der Waals surface area (Å²) in [6, 6.07) is 16.0. The maximum absolute atomic E-state index is 11.2. The van der Waals surface area contributed by atoms with Crippen molar-refractivity contribution in [3.8, 4) is 0 Å². The lowest BCUT2D eigenvalue weighted by Gasteiger charge is -2.43. The maximum Gasteiger partial charge on any atom is 0.217 e. The molecule has 0 radical (unpaired) electrons. The quantitative estimate of drug-likeness (QED) is 0.670. The van der Waals surface area contributed by atoms with Gasteiger partial charge in [0.2, 0.25) is 5.91 Å². The van der Waals surface area contributed by atoms with Crippen molar-refractivity contribution >= 4 is 5.91 Å². The summed E-state index contributed by atoms with van der Waals surface area (Å²) in [5.74, 6) is 0.108. The van der Waals surface area contributed by atoms with E-state index >= 15 is 0 Å². The standard InChI is InChI=1S/C26H34N2O5/c1-18-24(16-28-11-13-31-14-12-28)32-26(23-9-3-20(4-10-23)15-27-19(2)30)33-25(18)22-7-5-21(17-29)6-8-22/h3-10,18,24-26,29H,11-17H2,1-2H3,(H,27,30)/t18-,24+,25+,26+/m1/s1. The van der Waals surface area contributed by atoms with Crippen molar-refractivity contribution in [2.45, 2.75) is 45.5 Å². The smallest absolute Gasteiger partial charge is 0.217 e. The monoisotopic (exact) mass is 454 g/mol. The second kappa shape index (κ2) is 11.2. The highest BCUT2D eigenvalue weighted by molar-refractivity contribution is 5.72. The molecular formula is C26H34N2O5. The summed E-state index contributed by atoms with van der Waals surface area (Å²) in [5, 5.41) is 12.2. The van der Waals surface area contributed by atoms with Crippen LogP contribution in [-0.2, 0) is 32.2 Å². The van der Waals surface area contributed by atoms with Crippen molar-refractivity contribution in [3.05, 3.63) is 70.8 Å². The fourth-order valence-corrected chi connectivity index (χ4v) is 4.39.